The van der Waals surface area contributed by atoms with E-state index in [1.165, 1.54) is 24.5 Å². The topological polar surface area (TPSA) is 109 Å². The summed E-state index contributed by atoms with van der Waals surface area (Å²) in [7, 11) is -2.90. The molecule has 0 radical (unpaired) electrons. The molecule has 172 valence electrons. The normalized spacial score (nSPS) is 16.8. The van der Waals surface area contributed by atoms with E-state index in [4.69, 9.17) is 11.6 Å². The van der Waals surface area contributed by atoms with Crippen LogP contribution in [-0.2, 0) is 24.3 Å². The molecule has 2 aromatic rings. The van der Waals surface area contributed by atoms with E-state index in [0.717, 1.165) is 15.4 Å². The molecule has 1 saturated heterocycles. The van der Waals surface area contributed by atoms with Crippen LogP contribution in [0.25, 0.3) is 6.08 Å². The van der Waals surface area contributed by atoms with Gasteiger partial charge in [0.25, 0.3) is 0 Å². The van der Waals surface area contributed by atoms with Gasteiger partial charge in [-0.15, -0.1) is 11.3 Å². The van der Waals surface area contributed by atoms with Gasteiger partial charge in [-0.25, -0.2) is 8.42 Å². The third-order valence-electron chi connectivity index (χ3n) is 4.85. The van der Waals surface area contributed by atoms with E-state index in [1.54, 1.807) is 29.4 Å². The van der Waals surface area contributed by atoms with E-state index in [1.807, 2.05) is 12.1 Å². The number of rotatable bonds is 10. The molecule has 1 amide bonds. The number of aromatic nitrogens is 1. The average molecular weight is 499 g/mol. The highest BCUT2D eigenvalue weighted by molar-refractivity contribution is 7.92. The van der Waals surface area contributed by atoms with E-state index in [9.17, 15) is 18.0 Å². The molecule has 2 aromatic heterocycles. The average Bonchev–Trinajstić information content (AvgIpc) is 3.36. The van der Waals surface area contributed by atoms with Crippen molar-refractivity contribution in [3.63, 3.8) is 0 Å². The minimum absolute atomic E-state index is 0.281. The van der Waals surface area contributed by atoms with E-state index < -0.39 is 28.6 Å². The Bertz CT molecular complexity index is 1070. The number of hydrogen-bond donors (Lipinski definition) is 1. The molecule has 0 aliphatic carbocycles. The number of hydrogen-bond acceptors (Lipinski definition) is 8. The van der Waals surface area contributed by atoms with Crippen LogP contribution in [0.4, 0.5) is 5.69 Å². The van der Waals surface area contributed by atoms with Gasteiger partial charge in [-0.2, -0.15) is 4.31 Å². The van der Waals surface area contributed by atoms with Gasteiger partial charge in [0.2, 0.25) is 15.9 Å². The molecule has 12 heteroatoms. The van der Waals surface area contributed by atoms with Gasteiger partial charge in [0.1, 0.15) is 12.6 Å². The van der Waals surface area contributed by atoms with E-state index >= 15 is 0 Å². The molecule has 3 rings (SSSR count). The Morgan fingerprint density at radius 2 is 2.12 bits per heavy atom. The van der Waals surface area contributed by atoms with Gasteiger partial charge in [0, 0.05) is 48.0 Å². The van der Waals surface area contributed by atoms with Crippen molar-refractivity contribution in [1.29, 1.82) is 0 Å². The number of sulfonamides is 1. The van der Waals surface area contributed by atoms with Crippen molar-refractivity contribution in [2.24, 2.45) is 0 Å². The van der Waals surface area contributed by atoms with Crippen molar-refractivity contribution in [3.8, 4) is 0 Å². The number of methoxy groups -OCH3 is 1. The number of nitrogens with one attached hydrogen (secondary N) is 1. The summed E-state index contributed by atoms with van der Waals surface area (Å²) in [5.74, 6) is -1.09. The first kappa shape index (κ1) is 24.2. The maximum Gasteiger partial charge on any atom is 0.321 e. The standard InChI is InChI=1S/C20H23ClN4O5S2/c1-30-19(26)14-25(32(28,29)13-7-16-2-3-18(21)31-16)17-6-11-24(20(17)27)12-10-23-15-4-8-22-9-5-15/h2-5,7-9,13,17H,6,10-12,14H2,1H3,(H,22,23)/b13-7+. The van der Waals surface area contributed by atoms with Crippen LogP contribution in [0.5, 0.6) is 0 Å². The van der Waals surface area contributed by atoms with Gasteiger partial charge in [-0.05, 0) is 36.8 Å². The number of anilines is 1. The number of carbonyl (C=O) groups is 2. The molecule has 0 saturated carbocycles. The first-order valence-corrected chi connectivity index (χ1v) is 12.4. The van der Waals surface area contributed by atoms with Crippen LogP contribution < -0.4 is 5.32 Å². The highest BCUT2D eigenvalue weighted by Gasteiger charge is 2.41. The Hall–Kier alpha value is -2.47. The first-order chi connectivity index (χ1) is 15.3. The zero-order valence-corrected chi connectivity index (χ0v) is 19.7. The number of esters is 1. The Kier molecular flexibility index (Phi) is 8.24. The van der Waals surface area contributed by atoms with Gasteiger partial charge in [0.05, 0.1) is 11.4 Å². The molecule has 1 fully saturated rings. The fourth-order valence-corrected chi connectivity index (χ4v) is 5.60. The van der Waals surface area contributed by atoms with Crippen LogP contribution in [0.2, 0.25) is 4.34 Å². The highest BCUT2D eigenvalue weighted by atomic mass is 35.5. The van der Waals surface area contributed by atoms with Gasteiger partial charge < -0.3 is 15.0 Å². The summed E-state index contributed by atoms with van der Waals surface area (Å²) >= 11 is 7.10. The second-order valence-electron chi connectivity index (χ2n) is 6.90. The Morgan fingerprint density at radius 3 is 2.78 bits per heavy atom. The summed E-state index contributed by atoms with van der Waals surface area (Å²) < 4.78 is 32.1. The van der Waals surface area contributed by atoms with Crippen molar-refractivity contribution in [1.82, 2.24) is 14.2 Å². The summed E-state index contributed by atoms with van der Waals surface area (Å²) in [4.78, 5) is 31.1. The summed E-state index contributed by atoms with van der Waals surface area (Å²) in [6, 6.07) is 5.99. The lowest BCUT2D eigenvalue weighted by molar-refractivity contribution is -0.141. The molecule has 1 N–H and O–H groups in total. The molecule has 3 heterocycles. The molecule has 1 aliphatic heterocycles. The molecular weight excluding hydrogens is 476 g/mol. The van der Waals surface area contributed by atoms with Gasteiger partial charge >= 0.3 is 5.97 Å². The number of likely N-dealkylation sites (tertiary alicyclic amines) is 1. The van der Waals surface area contributed by atoms with Gasteiger partial charge in [-0.1, -0.05) is 11.6 Å². The number of amides is 1. The van der Waals surface area contributed by atoms with Crippen LogP contribution in [0.15, 0.2) is 42.1 Å². The lowest BCUT2D eigenvalue weighted by atomic mass is 10.2. The third-order valence-corrected chi connectivity index (χ3v) is 7.56. The van der Waals surface area contributed by atoms with E-state index in [0.29, 0.717) is 28.8 Å². The van der Waals surface area contributed by atoms with Crippen LogP contribution in [0.1, 0.15) is 11.3 Å². The van der Waals surface area contributed by atoms with E-state index in [-0.39, 0.29) is 12.3 Å². The minimum atomic E-state index is -4.07. The number of carbonyl (C=O) groups excluding carboxylic acids is 2. The minimum Gasteiger partial charge on any atom is -0.468 e. The molecule has 1 aliphatic rings. The molecule has 0 spiro atoms. The number of nitrogens with zero attached hydrogens (tertiary/aromatic N) is 3. The predicted octanol–water partition coefficient (Wildman–Crippen LogP) is 2.29. The van der Waals surface area contributed by atoms with Gasteiger partial charge in [-0.3, -0.25) is 14.6 Å². The molecule has 9 nitrogen and oxygen atoms in total. The summed E-state index contributed by atoms with van der Waals surface area (Å²) in [6.07, 6.45) is 4.99. The predicted molar refractivity (Wildman–Crippen MR) is 124 cm³/mol. The molecule has 1 unspecified atom stereocenters. The Balaban J connectivity index is 1.70. The molecule has 1 atom stereocenters. The summed E-state index contributed by atoms with van der Waals surface area (Å²) in [6.45, 7) is 0.728. The van der Waals surface area contributed by atoms with Crippen molar-refractivity contribution in [3.05, 3.63) is 51.3 Å². The number of thiophene rings is 1. The van der Waals surface area contributed by atoms with Crippen LogP contribution in [-0.4, -0.2) is 73.8 Å². The second kappa shape index (κ2) is 10.9. The monoisotopic (exact) mass is 498 g/mol. The molecular formula is C20H23ClN4O5S2. The summed E-state index contributed by atoms with van der Waals surface area (Å²) in [5, 5.41) is 4.17. The zero-order valence-electron chi connectivity index (χ0n) is 17.3. The fourth-order valence-electron chi connectivity index (χ4n) is 3.24. The lowest BCUT2D eigenvalue weighted by Gasteiger charge is -2.25. The zero-order chi connectivity index (χ0) is 23.1. The third kappa shape index (κ3) is 6.28. The number of pyridine rings is 1. The Labute approximate surface area is 195 Å². The molecule has 0 aromatic carbocycles. The van der Waals surface area contributed by atoms with Crippen molar-refractivity contribution >= 4 is 56.6 Å². The fraction of sp³-hybridized carbons (Fsp3) is 0.350. The lowest BCUT2D eigenvalue weighted by Crippen LogP contribution is -2.47. The van der Waals surface area contributed by atoms with Crippen LogP contribution in [0, 0.1) is 0 Å². The molecule has 32 heavy (non-hydrogen) atoms. The smallest absolute Gasteiger partial charge is 0.321 e. The van der Waals surface area contributed by atoms with Crippen molar-refractivity contribution in [2.45, 2.75) is 12.5 Å². The Morgan fingerprint density at radius 1 is 1.38 bits per heavy atom. The van der Waals surface area contributed by atoms with Crippen molar-refractivity contribution in [2.75, 3.05) is 38.6 Å². The number of halogens is 1. The number of ether oxygens (including phenoxy) is 1. The maximum atomic E-state index is 13.0. The first-order valence-electron chi connectivity index (χ1n) is 9.75. The SMILES string of the molecule is COC(=O)CN(C1CCN(CCNc2ccncc2)C1=O)S(=O)(=O)/C=C/c1ccc(Cl)s1. The molecule has 0 bridgehead atoms. The largest absolute Gasteiger partial charge is 0.468 e. The second-order valence-corrected chi connectivity index (χ2v) is 10.4. The highest BCUT2D eigenvalue weighted by Crippen LogP contribution is 2.25. The maximum absolute atomic E-state index is 13.0. The van der Waals surface area contributed by atoms with E-state index in [2.05, 4.69) is 15.0 Å². The summed E-state index contributed by atoms with van der Waals surface area (Å²) in [5.41, 5.74) is 0.872. The van der Waals surface area contributed by atoms with Crippen LogP contribution in [0.3, 0.4) is 0 Å². The quantitative estimate of drug-likeness (QED) is 0.500. The van der Waals surface area contributed by atoms with Crippen LogP contribution >= 0.6 is 22.9 Å². The van der Waals surface area contributed by atoms with Gasteiger partial charge in [0.15, 0.2) is 0 Å². The van der Waals surface area contributed by atoms with Crippen molar-refractivity contribution < 1.29 is 22.7 Å².